The van der Waals surface area contributed by atoms with Crippen LogP contribution in [-0.4, -0.2) is 17.3 Å². The number of Topliss-reactive ketones (excluding diaryl/α,β-unsaturated/α-hetero) is 3. The first-order valence-corrected chi connectivity index (χ1v) is 7.87. The van der Waals surface area contributed by atoms with Crippen LogP contribution in [0.15, 0.2) is 54.6 Å². The molecule has 0 saturated heterocycles. The summed E-state index contributed by atoms with van der Waals surface area (Å²) in [5, 5.41) is 0. The van der Waals surface area contributed by atoms with Crippen LogP contribution < -0.4 is 0 Å². The first-order valence-electron chi connectivity index (χ1n) is 7.87. The van der Waals surface area contributed by atoms with Gasteiger partial charge in [0.1, 0.15) is 5.78 Å². The minimum Gasteiger partial charge on any atom is -0.300 e. The van der Waals surface area contributed by atoms with E-state index in [1.165, 1.54) is 0 Å². The topological polar surface area (TPSA) is 51.2 Å². The fourth-order valence-corrected chi connectivity index (χ4v) is 3.25. The van der Waals surface area contributed by atoms with Gasteiger partial charge in [0, 0.05) is 29.9 Å². The zero-order chi connectivity index (χ0) is 16.4. The van der Waals surface area contributed by atoms with E-state index < -0.39 is 11.8 Å². The molecule has 3 rings (SSSR count). The summed E-state index contributed by atoms with van der Waals surface area (Å²) in [6, 6.07) is 16.3. The van der Waals surface area contributed by atoms with Gasteiger partial charge in [0.15, 0.2) is 11.6 Å². The fourth-order valence-electron chi connectivity index (χ4n) is 3.25. The Morgan fingerprint density at radius 3 is 1.96 bits per heavy atom. The predicted molar refractivity (Wildman–Crippen MR) is 87.7 cm³/mol. The molecule has 3 nitrogen and oxygen atoms in total. The second-order valence-corrected chi connectivity index (χ2v) is 5.87. The lowest BCUT2D eigenvalue weighted by Crippen LogP contribution is -2.26. The Morgan fingerprint density at radius 2 is 1.43 bits per heavy atom. The van der Waals surface area contributed by atoms with Crippen LogP contribution in [0.4, 0.5) is 0 Å². The highest BCUT2D eigenvalue weighted by Gasteiger charge is 2.43. The number of carbonyl (C=O) groups excluding carboxylic acids is 3. The molecule has 0 N–H and O–H groups in total. The molecule has 0 aliphatic heterocycles. The van der Waals surface area contributed by atoms with E-state index in [2.05, 4.69) is 0 Å². The molecule has 0 saturated carbocycles. The van der Waals surface area contributed by atoms with Crippen molar-refractivity contribution in [1.29, 1.82) is 0 Å². The quantitative estimate of drug-likeness (QED) is 0.789. The molecule has 0 heterocycles. The second-order valence-electron chi connectivity index (χ2n) is 5.87. The minimum absolute atomic E-state index is 0.0652. The van der Waals surface area contributed by atoms with E-state index in [0.29, 0.717) is 17.5 Å². The van der Waals surface area contributed by atoms with Gasteiger partial charge in [0.05, 0.1) is 5.92 Å². The smallest absolute Gasteiger partial charge is 0.175 e. The molecule has 0 fully saturated rings. The van der Waals surface area contributed by atoms with Crippen LogP contribution in [0, 0.1) is 5.92 Å². The largest absolute Gasteiger partial charge is 0.300 e. The van der Waals surface area contributed by atoms with E-state index in [0.717, 1.165) is 5.56 Å². The molecule has 1 atom stereocenters. The van der Waals surface area contributed by atoms with Crippen LogP contribution in [0.3, 0.4) is 0 Å². The van der Waals surface area contributed by atoms with Crippen molar-refractivity contribution >= 4 is 17.3 Å². The van der Waals surface area contributed by atoms with Crippen LogP contribution in [0.25, 0.3) is 0 Å². The summed E-state index contributed by atoms with van der Waals surface area (Å²) in [7, 11) is 0. The van der Waals surface area contributed by atoms with Crippen molar-refractivity contribution in [2.45, 2.75) is 25.7 Å². The Balaban J connectivity index is 2.03. The molecule has 0 spiro atoms. The number of fused-ring (bicyclic) bond motifs is 1. The van der Waals surface area contributed by atoms with Gasteiger partial charge in [-0.2, -0.15) is 0 Å². The maximum absolute atomic E-state index is 12.8. The number of hydrogen-bond donors (Lipinski definition) is 0. The van der Waals surface area contributed by atoms with Crippen molar-refractivity contribution < 1.29 is 14.4 Å². The summed E-state index contributed by atoms with van der Waals surface area (Å²) in [5.74, 6) is -1.44. The molecule has 0 aromatic heterocycles. The molecule has 2 aromatic carbocycles. The highest BCUT2D eigenvalue weighted by molar-refractivity contribution is 6.27. The molecule has 0 amide bonds. The molecule has 0 radical (unpaired) electrons. The number of hydrogen-bond acceptors (Lipinski definition) is 3. The average Bonchev–Trinajstić information content (AvgIpc) is 2.85. The summed E-state index contributed by atoms with van der Waals surface area (Å²) >= 11 is 0. The summed E-state index contributed by atoms with van der Waals surface area (Å²) in [5.41, 5.74) is 1.83. The van der Waals surface area contributed by atoms with Crippen molar-refractivity contribution in [3.05, 3.63) is 71.3 Å². The standard InChI is InChI=1S/C20H18O3/c1-2-14(21)12-17(13-8-4-3-5-9-13)18-19(22)15-10-6-7-11-16(15)20(18)23/h3-11,17-18H,2,12H2,1H3/t17-/m0/s1. The second kappa shape index (κ2) is 6.29. The number of benzene rings is 2. The first kappa shape index (κ1) is 15.3. The fraction of sp³-hybridized carbons (Fsp3) is 0.250. The summed E-state index contributed by atoms with van der Waals surface area (Å²) in [6.07, 6.45) is 0.627. The molecular formula is C20H18O3. The van der Waals surface area contributed by atoms with Gasteiger partial charge >= 0.3 is 0 Å². The van der Waals surface area contributed by atoms with Gasteiger partial charge in [-0.05, 0) is 5.56 Å². The normalized spacial score (nSPS) is 15.5. The third kappa shape index (κ3) is 2.74. The van der Waals surface area contributed by atoms with Gasteiger partial charge in [0.25, 0.3) is 0 Å². The van der Waals surface area contributed by atoms with Crippen LogP contribution in [0.5, 0.6) is 0 Å². The molecule has 1 aliphatic rings. The van der Waals surface area contributed by atoms with E-state index in [-0.39, 0.29) is 23.8 Å². The van der Waals surface area contributed by atoms with Gasteiger partial charge in [0.2, 0.25) is 0 Å². The Kier molecular flexibility index (Phi) is 4.20. The minimum atomic E-state index is -0.787. The SMILES string of the molecule is CCC(=O)C[C@@H](c1ccccc1)C1C(=O)c2ccccc2C1=O. The summed E-state index contributed by atoms with van der Waals surface area (Å²) < 4.78 is 0. The van der Waals surface area contributed by atoms with E-state index in [1.807, 2.05) is 30.3 Å². The van der Waals surface area contributed by atoms with E-state index in [4.69, 9.17) is 0 Å². The lowest BCUT2D eigenvalue weighted by atomic mass is 9.79. The van der Waals surface area contributed by atoms with Crippen LogP contribution in [0.2, 0.25) is 0 Å². The zero-order valence-corrected chi connectivity index (χ0v) is 13.0. The van der Waals surface area contributed by atoms with Gasteiger partial charge in [-0.15, -0.1) is 0 Å². The predicted octanol–water partition coefficient (Wildman–Crippen LogP) is 3.83. The lowest BCUT2D eigenvalue weighted by Gasteiger charge is -2.21. The van der Waals surface area contributed by atoms with Crippen LogP contribution in [-0.2, 0) is 4.79 Å². The Hall–Kier alpha value is -2.55. The molecular weight excluding hydrogens is 288 g/mol. The molecule has 1 aliphatic carbocycles. The van der Waals surface area contributed by atoms with E-state index >= 15 is 0 Å². The molecule has 2 aromatic rings. The first-order chi connectivity index (χ1) is 11.1. The maximum Gasteiger partial charge on any atom is 0.175 e. The third-order valence-electron chi connectivity index (χ3n) is 4.49. The van der Waals surface area contributed by atoms with Crippen molar-refractivity contribution in [3.8, 4) is 0 Å². The highest BCUT2D eigenvalue weighted by atomic mass is 16.2. The molecule has 116 valence electrons. The molecule has 23 heavy (non-hydrogen) atoms. The van der Waals surface area contributed by atoms with Crippen LogP contribution >= 0.6 is 0 Å². The van der Waals surface area contributed by atoms with Gasteiger partial charge < -0.3 is 0 Å². The lowest BCUT2D eigenvalue weighted by molar-refractivity contribution is -0.119. The summed E-state index contributed by atoms with van der Waals surface area (Å²) in [4.78, 5) is 37.5. The highest BCUT2D eigenvalue weighted by Crippen LogP contribution is 2.38. The Bertz CT molecular complexity index is 726. The number of rotatable bonds is 5. The van der Waals surface area contributed by atoms with E-state index in [9.17, 15) is 14.4 Å². The van der Waals surface area contributed by atoms with Crippen molar-refractivity contribution in [2.24, 2.45) is 5.92 Å². The summed E-state index contributed by atoms with van der Waals surface area (Å²) in [6.45, 7) is 1.80. The monoisotopic (exact) mass is 306 g/mol. The Labute approximate surface area is 135 Å². The average molecular weight is 306 g/mol. The maximum atomic E-state index is 12.8. The van der Waals surface area contributed by atoms with Crippen molar-refractivity contribution in [1.82, 2.24) is 0 Å². The van der Waals surface area contributed by atoms with Crippen LogP contribution in [0.1, 0.15) is 52.0 Å². The van der Waals surface area contributed by atoms with Gasteiger partial charge in [-0.1, -0.05) is 61.5 Å². The van der Waals surface area contributed by atoms with E-state index in [1.54, 1.807) is 31.2 Å². The Morgan fingerprint density at radius 1 is 0.913 bits per heavy atom. The molecule has 0 bridgehead atoms. The number of ketones is 3. The van der Waals surface area contributed by atoms with Crippen molar-refractivity contribution in [3.63, 3.8) is 0 Å². The van der Waals surface area contributed by atoms with Gasteiger partial charge in [-0.3, -0.25) is 14.4 Å². The van der Waals surface area contributed by atoms with Gasteiger partial charge in [-0.25, -0.2) is 0 Å². The van der Waals surface area contributed by atoms with Crippen molar-refractivity contribution in [2.75, 3.05) is 0 Å². The molecule has 0 unspecified atom stereocenters. The number of carbonyl (C=O) groups is 3. The third-order valence-corrected chi connectivity index (χ3v) is 4.49. The zero-order valence-electron chi connectivity index (χ0n) is 13.0. The molecule has 3 heteroatoms.